The van der Waals surface area contributed by atoms with E-state index in [-0.39, 0.29) is 11.7 Å². The molecular weight excluding hydrogens is 505 g/mol. The number of benzene rings is 4. The van der Waals surface area contributed by atoms with Crippen molar-refractivity contribution in [2.24, 2.45) is 0 Å². The van der Waals surface area contributed by atoms with Gasteiger partial charge in [0.05, 0.1) is 31.6 Å². The first-order valence-electron chi connectivity index (χ1n) is 13.3. The summed E-state index contributed by atoms with van der Waals surface area (Å²) in [4.78, 5) is 20.4. The fraction of sp³-hybridized carbons (Fsp3) is 0.212. The SMILES string of the molecule is COc1cc(CN2CCc3c(cc(Cn4cnc5ccccc54)cc3-c3ccc(F)cc3C)C2=O)cc(OC)c1. The first kappa shape index (κ1) is 25.6. The van der Waals surface area contributed by atoms with Gasteiger partial charge in [-0.2, -0.15) is 0 Å². The van der Waals surface area contributed by atoms with Crippen LogP contribution in [0.2, 0.25) is 0 Å². The molecule has 0 atom stereocenters. The summed E-state index contributed by atoms with van der Waals surface area (Å²) in [5.74, 6) is 1.07. The summed E-state index contributed by atoms with van der Waals surface area (Å²) >= 11 is 0. The Bertz CT molecular complexity index is 1720. The van der Waals surface area contributed by atoms with Crippen LogP contribution in [0.15, 0.2) is 79.1 Å². The highest BCUT2D eigenvalue weighted by Gasteiger charge is 2.28. The number of hydrogen-bond donors (Lipinski definition) is 0. The lowest BCUT2D eigenvalue weighted by atomic mass is 9.86. The van der Waals surface area contributed by atoms with E-state index < -0.39 is 0 Å². The molecule has 2 heterocycles. The fourth-order valence-corrected chi connectivity index (χ4v) is 5.63. The zero-order valence-corrected chi connectivity index (χ0v) is 22.8. The molecule has 1 aliphatic heterocycles. The molecule has 0 bridgehead atoms. The van der Waals surface area contributed by atoms with Crippen LogP contribution in [0.4, 0.5) is 4.39 Å². The molecule has 202 valence electrons. The Kier molecular flexibility index (Phi) is 6.72. The summed E-state index contributed by atoms with van der Waals surface area (Å²) < 4.78 is 27.0. The lowest BCUT2D eigenvalue weighted by molar-refractivity contribution is 0.0726. The fourth-order valence-electron chi connectivity index (χ4n) is 5.63. The molecule has 0 fully saturated rings. The average Bonchev–Trinajstić information content (AvgIpc) is 3.37. The number of carbonyl (C=O) groups is 1. The van der Waals surface area contributed by atoms with Crippen molar-refractivity contribution in [3.05, 3.63) is 113 Å². The molecule has 1 aromatic heterocycles. The minimum absolute atomic E-state index is 0.0265. The van der Waals surface area contributed by atoms with Crippen LogP contribution in [0, 0.1) is 12.7 Å². The molecule has 1 amide bonds. The van der Waals surface area contributed by atoms with E-state index in [4.69, 9.17) is 9.47 Å². The van der Waals surface area contributed by atoms with Crippen molar-refractivity contribution in [1.82, 2.24) is 14.5 Å². The van der Waals surface area contributed by atoms with E-state index in [1.807, 2.05) is 72.7 Å². The van der Waals surface area contributed by atoms with E-state index in [9.17, 15) is 9.18 Å². The van der Waals surface area contributed by atoms with Crippen LogP contribution in [0.25, 0.3) is 22.2 Å². The van der Waals surface area contributed by atoms with Gasteiger partial charge in [0.2, 0.25) is 0 Å². The number of amides is 1. The van der Waals surface area contributed by atoms with Gasteiger partial charge in [0.25, 0.3) is 5.91 Å². The van der Waals surface area contributed by atoms with Gasteiger partial charge in [-0.15, -0.1) is 0 Å². The van der Waals surface area contributed by atoms with Crippen molar-refractivity contribution in [2.45, 2.75) is 26.4 Å². The normalized spacial score (nSPS) is 13.0. The van der Waals surface area contributed by atoms with Gasteiger partial charge in [0.15, 0.2) is 0 Å². The topological polar surface area (TPSA) is 56.6 Å². The second kappa shape index (κ2) is 10.5. The molecule has 0 spiro atoms. The van der Waals surface area contributed by atoms with Gasteiger partial charge in [0.1, 0.15) is 17.3 Å². The number of carbonyl (C=O) groups excluding carboxylic acids is 1. The number of rotatable bonds is 7. The Balaban J connectivity index is 1.42. The molecule has 4 aromatic carbocycles. The van der Waals surface area contributed by atoms with Gasteiger partial charge < -0.3 is 18.9 Å². The Labute approximate surface area is 232 Å². The maximum Gasteiger partial charge on any atom is 0.254 e. The van der Waals surface area contributed by atoms with Crippen molar-refractivity contribution in [3.8, 4) is 22.6 Å². The highest BCUT2D eigenvalue weighted by molar-refractivity contribution is 5.99. The highest BCUT2D eigenvalue weighted by Crippen LogP contribution is 2.35. The van der Waals surface area contributed by atoms with Crippen LogP contribution in [0.5, 0.6) is 11.5 Å². The molecule has 0 saturated heterocycles. The van der Waals surface area contributed by atoms with Crippen molar-refractivity contribution in [3.63, 3.8) is 0 Å². The Morgan fingerprint density at radius 1 is 0.850 bits per heavy atom. The highest BCUT2D eigenvalue weighted by atomic mass is 19.1. The quantitative estimate of drug-likeness (QED) is 0.242. The number of halogens is 1. The van der Waals surface area contributed by atoms with Crippen LogP contribution in [0.3, 0.4) is 0 Å². The second-order valence-corrected chi connectivity index (χ2v) is 10.2. The summed E-state index contributed by atoms with van der Waals surface area (Å²) in [7, 11) is 3.23. The predicted octanol–water partition coefficient (Wildman–Crippen LogP) is 6.41. The average molecular weight is 536 g/mol. The number of aromatic nitrogens is 2. The van der Waals surface area contributed by atoms with E-state index in [1.54, 1.807) is 20.3 Å². The molecule has 0 aliphatic carbocycles. The summed E-state index contributed by atoms with van der Waals surface area (Å²) in [5, 5.41) is 0. The third-order valence-corrected chi connectivity index (χ3v) is 7.60. The number of aryl methyl sites for hydroxylation is 1. The molecule has 40 heavy (non-hydrogen) atoms. The molecule has 6 nitrogen and oxygen atoms in total. The second-order valence-electron chi connectivity index (χ2n) is 10.2. The molecule has 5 aromatic rings. The largest absolute Gasteiger partial charge is 0.497 e. The summed E-state index contributed by atoms with van der Waals surface area (Å²) in [5.41, 5.74) is 8.30. The van der Waals surface area contributed by atoms with E-state index in [2.05, 4.69) is 15.6 Å². The summed E-state index contributed by atoms with van der Waals surface area (Å²) in [6, 6.07) is 22.7. The van der Waals surface area contributed by atoms with Crippen LogP contribution in [-0.4, -0.2) is 41.1 Å². The number of para-hydroxylation sites is 2. The van der Waals surface area contributed by atoms with Crippen LogP contribution >= 0.6 is 0 Å². The molecule has 0 N–H and O–H groups in total. The number of fused-ring (bicyclic) bond motifs is 2. The zero-order valence-electron chi connectivity index (χ0n) is 22.8. The number of nitrogens with zero attached hydrogens (tertiary/aromatic N) is 3. The summed E-state index contributed by atoms with van der Waals surface area (Å²) in [6.07, 6.45) is 2.53. The number of imidazole rings is 1. The lowest BCUT2D eigenvalue weighted by Crippen LogP contribution is -2.37. The van der Waals surface area contributed by atoms with E-state index in [0.717, 1.165) is 44.4 Å². The predicted molar refractivity (Wildman–Crippen MR) is 153 cm³/mol. The van der Waals surface area contributed by atoms with E-state index in [1.165, 1.54) is 6.07 Å². The molecule has 0 unspecified atom stereocenters. The third kappa shape index (κ3) is 4.79. The smallest absolute Gasteiger partial charge is 0.254 e. The minimum atomic E-state index is -0.271. The molecule has 0 radical (unpaired) electrons. The minimum Gasteiger partial charge on any atom is -0.497 e. The van der Waals surface area contributed by atoms with Gasteiger partial charge >= 0.3 is 0 Å². The first-order valence-corrected chi connectivity index (χ1v) is 13.3. The lowest BCUT2D eigenvalue weighted by Gasteiger charge is -2.31. The first-order chi connectivity index (χ1) is 19.4. The van der Waals surface area contributed by atoms with Crippen LogP contribution < -0.4 is 9.47 Å². The van der Waals surface area contributed by atoms with Gasteiger partial charge in [-0.1, -0.05) is 18.2 Å². The Hall–Kier alpha value is -4.65. The number of hydrogen-bond acceptors (Lipinski definition) is 4. The Morgan fingerprint density at radius 2 is 1.57 bits per heavy atom. The third-order valence-electron chi connectivity index (χ3n) is 7.60. The monoisotopic (exact) mass is 535 g/mol. The summed E-state index contributed by atoms with van der Waals surface area (Å²) in [6.45, 7) is 3.48. The van der Waals surface area contributed by atoms with Crippen LogP contribution in [-0.2, 0) is 19.5 Å². The van der Waals surface area contributed by atoms with Crippen molar-refractivity contribution >= 4 is 16.9 Å². The maximum atomic E-state index is 14.0. The molecule has 0 saturated carbocycles. The van der Waals surface area contributed by atoms with Gasteiger partial charge in [-0.3, -0.25) is 4.79 Å². The van der Waals surface area contributed by atoms with Gasteiger partial charge in [0, 0.05) is 31.3 Å². The van der Waals surface area contributed by atoms with Gasteiger partial charge in [-0.25, -0.2) is 9.37 Å². The van der Waals surface area contributed by atoms with Crippen molar-refractivity contribution < 1.29 is 18.7 Å². The van der Waals surface area contributed by atoms with Crippen molar-refractivity contribution in [2.75, 3.05) is 20.8 Å². The molecule has 1 aliphatic rings. The molecular formula is C33H30FN3O3. The maximum absolute atomic E-state index is 14.0. The van der Waals surface area contributed by atoms with E-state index >= 15 is 0 Å². The zero-order chi connectivity index (χ0) is 27.8. The van der Waals surface area contributed by atoms with Crippen molar-refractivity contribution in [1.29, 1.82) is 0 Å². The Morgan fingerprint density at radius 3 is 2.33 bits per heavy atom. The number of methoxy groups -OCH3 is 2. The molecule has 6 rings (SSSR count). The number of ether oxygens (including phenoxy) is 2. The molecule has 7 heteroatoms. The standard InChI is InChI=1S/C33H30FN3O3/c1-21-12-24(34)8-9-27(21)29-15-23(19-37-20-35-31-6-4-5-7-32(31)37)16-30-28(29)10-11-36(33(30)38)18-22-13-25(39-2)17-26(14-22)40-3/h4-9,12-17,20H,10-11,18-19H2,1-3H3. The van der Waals surface area contributed by atoms with Crippen LogP contribution in [0.1, 0.15) is 32.6 Å². The van der Waals surface area contributed by atoms with Gasteiger partial charge in [-0.05, 0) is 95.3 Å². The van der Waals surface area contributed by atoms with E-state index in [0.29, 0.717) is 43.1 Å².